The molecule has 0 bridgehead atoms. The fourth-order valence-corrected chi connectivity index (χ4v) is 2.12. The molecule has 1 fully saturated rings. The van der Waals surface area contributed by atoms with Crippen LogP contribution in [0.3, 0.4) is 0 Å². The van der Waals surface area contributed by atoms with Crippen LogP contribution in [0, 0.1) is 6.92 Å². The average Bonchev–Trinajstić information content (AvgIpc) is 2.98. The van der Waals surface area contributed by atoms with Crippen molar-refractivity contribution in [1.29, 1.82) is 0 Å². The van der Waals surface area contributed by atoms with Crippen molar-refractivity contribution in [3.8, 4) is 11.5 Å². The minimum absolute atomic E-state index is 0.142. The number of rotatable bonds is 3. The predicted molar refractivity (Wildman–Crippen MR) is 63.5 cm³/mol. The number of epoxide rings is 1. The van der Waals surface area contributed by atoms with Gasteiger partial charge in [-0.3, -0.25) is 0 Å². The Labute approximate surface area is 105 Å². The summed E-state index contributed by atoms with van der Waals surface area (Å²) in [5.74, 6) is 0.603. The van der Waals surface area contributed by atoms with E-state index in [0.717, 1.165) is 21.1 Å². The summed E-state index contributed by atoms with van der Waals surface area (Å²) in [6.45, 7) is 3.12. The third kappa shape index (κ3) is 2.46. The van der Waals surface area contributed by atoms with Gasteiger partial charge >= 0.3 is 0 Å². The van der Waals surface area contributed by atoms with Gasteiger partial charge < -0.3 is 14.6 Å². The first-order valence-electron chi connectivity index (χ1n) is 4.51. The molecule has 1 unspecified atom stereocenters. The van der Waals surface area contributed by atoms with E-state index in [4.69, 9.17) is 9.47 Å². The predicted octanol–water partition coefficient (Wildman–Crippen LogP) is 3.00. The second kappa shape index (κ2) is 4.31. The SMILES string of the molecule is Cc1cc(O)c(OCC2CO2)c(Br)c1Br. The summed E-state index contributed by atoms with van der Waals surface area (Å²) in [7, 11) is 0. The molecule has 2 rings (SSSR count). The molecule has 1 aromatic carbocycles. The Kier molecular flexibility index (Phi) is 3.23. The standard InChI is InChI=1S/C10H10Br2O3/c1-5-2-7(13)10(9(12)8(5)11)15-4-6-3-14-6/h2,6,13H,3-4H2,1H3. The highest BCUT2D eigenvalue weighted by Crippen LogP contribution is 2.42. The molecule has 0 radical (unpaired) electrons. The first kappa shape index (κ1) is 11.2. The number of benzene rings is 1. The Bertz CT molecular complexity index is 389. The normalized spacial score (nSPS) is 19.0. The van der Waals surface area contributed by atoms with E-state index in [1.165, 1.54) is 0 Å². The Hall–Kier alpha value is -0.260. The van der Waals surface area contributed by atoms with Crippen LogP contribution in [0.25, 0.3) is 0 Å². The van der Waals surface area contributed by atoms with Gasteiger partial charge in [0.25, 0.3) is 0 Å². The molecule has 1 aliphatic heterocycles. The molecular formula is C10H10Br2O3. The molecule has 15 heavy (non-hydrogen) atoms. The van der Waals surface area contributed by atoms with Crippen molar-refractivity contribution in [3.05, 3.63) is 20.6 Å². The Morgan fingerprint density at radius 1 is 1.53 bits per heavy atom. The van der Waals surface area contributed by atoms with Crippen molar-refractivity contribution in [2.45, 2.75) is 13.0 Å². The number of aryl methyl sites for hydroxylation is 1. The molecule has 0 aliphatic carbocycles. The molecule has 0 amide bonds. The van der Waals surface area contributed by atoms with E-state index in [1.54, 1.807) is 6.07 Å². The number of aromatic hydroxyl groups is 1. The lowest BCUT2D eigenvalue weighted by molar-refractivity contribution is 0.252. The zero-order valence-corrected chi connectivity index (χ0v) is 11.3. The third-order valence-electron chi connectivity index (χ3n) is 2.14. The minimum Gasteiger partial charge on any atom is -0.504 e. The van der Waals surface area contributed by atoms with Crippen LogP contribution in [0.15, 0.2) is 15.0 Å². The lowest BCUT2D eigenvalue weighted by Gasteiger charge is -2.11. The quantitative estimate of drug-likeness (QED) is 0.862. The van der Waals surface area contributed by atoms with Crippen LogP contribution >= 0.6 is 31.9 Å². The smallest absolute Gasteiger partial charge is 0.176 e. The molecule has 1 N–H and O–H groups in total. The van der Waals surface area contributed by atoms with Crippen molar-refractivity contribution in [2.24, 2.45) is 0 Å². The van der Waals surface area contributed by atoms with Crippen LogP contribution in [0.4, 0.5) is 0 Å². The van der Waals surface area contributed by atoms with E-state index in [1.807, 2.05) is 6.92 Å². The number of phenolic OH excluding ortho intramolecular Hbond substituents is 1. The van der Waals surface area contributed by atoms with Gasteiger partial charge in [0.15, 0.2) is 11.5 Å². The maximum absolute atomic E-state index is 9.71. The molecule has 0 aromatic heterocycles. The molecule has 0 spiro atoms. The van der Waals surface area contributed by atoms with Gasteiger partial charge in [-0.05, 0) is 50.4 Å². The molecule has 1 aromatic rings. The van der Waals surface area contributed by atoms with Gasteiger partial charge in [-0.15, -0.1) is 0 Å². The van der Waals surface area contributed by atoms with Crippen molar-refractivity contribution in [2.75, 3.05) is 13.2 Å². The monoisotopic (exact) mass is 336 g/mol. The van der Waals surface area contributed by atoms with E-state index < -0.39 is 0 Å². The lowest BCUT2D eigenvalue weighted by atomic mass is 10.2. The van der Waals surface area contributed by atoms with E-state index >= 15 is 0 Å². The highest BCUT2D eigenvalue weighted by molar-refractivity contribution is 9.13. The Morgan fingerprint density at radius 2 is 2.20 bits per heavy atom. The summed E-state index contributed by atoms with van der Waals surface area (Å²) in [5, 5.41) is 9.71. The van der Waals surface area contributed by atoms with Gasteiger partial charge in [0.2, 0.25) is 0 Å². The highest BCUT2D eigenvalue weighted by atomic mass is 79.9. The van der Waals surface area contributed by atoms with Gasteiger partial charge in [0.05, 0.1) is 11.1 Å². The van der Waals surface area contributed by atoms with Gasteiger partial charge in [-0.2, -0.15) is 0 Å². The maximum atomic E-state index is 9.71. The van der Waals surface area contributed by atoms with Crippen molar-refractivity contribution >= 4 is 31.9 Å². The summed E-state index contributed by atoms with van der Waals surface area (Å²) < 4.78 is 12.1. The molecule has 1 aliphatic rings. The van der Waals surface area contributed by atoms with Crippen LogP contribution in [0.2, 0.25) is 0 Å². The van der Waals surface area contributed by atoms with Crippen molar-refractivity contribution in [3.63, 3.8) is 0 Å². The summed E-state index contributed by atoms with van der Waals surface area (Å²) in [4.78, 5) is 0. The maximum Gasteiger partial charge on any atom is 0.176 e. The summed E-state index contributed by atoms with van der Waals surface area (Å²) in [6.07, 6.45) is 0.177. The van der Waals surface area contributed by atoms with Crippen LogP contribution in [-0.4, -0.2) is 24.4 Å². The van der Waals surface area contributed by atoms with Gasteiger partial charge in [-0.25, -0.2) is 0 Å². The van der Waals surface area contributed by atoms with Gasteiger partial charge in [0.1, 0.15) is 12.7 Å². The third-order valence-corrected chi connectivity index (χ3v) is 4.45. The number of hydrogen-bond acceptors (Lipinski definition) is 3. The first-order valence-corrected chi connectivity index (χ1v) is 6.10. The zero-order chi connectivity index (χ0) is 11.0. The summed E-state index contributed by atoms with van der Waals surface area (Å²) in [6, 6.07) is 1.66. The molecule has 3 nitrogen and oxygen atoms in total. The minimum atomic E-state index is 0.142. The molecule has 0 saturated carbocycles. The number of halogens is 2. The number of phenols is 1. The van der Waals surface area contributed by atoms with Crippen LogP contribution in [0.1, 0.15) is 5.56 Å². The fourth-order valence-electron chi connectivity index (χ4n) is 1.20. The summed E-state index contributed by atoms with van der Waals surface area (Å²) >= 11 is 6.80. The van der Waals surface area contributed by atoms with E-state index in [0.29, 0.717) is 12.4 Å². The van der Waals surface area contributed by atoms with Crippen molar-refractivity contribution < 1.29 is 14.6 Å². The molecule has 82 valence electrons. The molecule has 1 heterocycles. The zero-order valence-electron chi connectivity index (χ0n) is 8.09. The lowest BCUT2D eigenvalue weighted by Crippen LogP contribution is -2.05. The molecule has 5 heteroatoms. The Morgan fingerprint density at radius 3 is 2.80 bits per heavy atom. The van der Waals surface area contributed by atoms with Crippen LogP contribution < -0.4 is 4.74 Å². The fraction of sp³-hybridized carbons (Fsp3) is 0.400. The van der Waals surface area contributed by atoms with Crippen LogP contribution in [0.5, 0.6) is 11.5 Å². The molecular weight excluding hydrogens is 328 g/mol. The largest absolute Gasteiger partial charge is 0.504 e. The van der Waals surface area contributed by atoms with Crippen molar-refractivity contribution in [1.82, 2.24) is 0 Å². The Balaban J connectivity index is 2.23. The van der Waals surface area contributed by atoms with Gasteiger partial charge in [-0.1, -0.05) is 0 Å². The van der Waals surface area contributed by atoms with E-state index in [-0.39, 0.29) is 11.9 Å². The van der Waals surface area contributed by atoms with Crippen LogP contribution in [-0.2, 0) is 4.74 Å². The molecule has 1 saturated heterocycles. The summed E-state index contributed by atoms with van der Waals surface area (Å²) in [5.41, 5.74) is 0.953. The average molecular weight is 338 g/mol. The highest BCUT2D eigenvalue weighted by Gasteiger charge is 2.24. The number of ether oxygens (including phenoxy) is 2. The van der Waals surface area contributed by atoms with E-state index in [2.05, 4.69) is 31.9 Å². The van der Waals surface area contributed by atoms with E-state index in [9.17, 15) is 5.11 Å². The topological polar surface area (TPSA) is 42.0 Å². The second-order valence-corrected chi connectivity index (χ2v) is 5.02. The number of hydrogen-bond donors (Lipinski definition) is 1. The first-order chi connectivity index (χ1) is 7.09. The second-order valence-electron chi connectivity index (χ2n) is 3.44. The van der Waals surface area contributed by atoms with Gasteiger partial charge in [0, 0.05) is 4.47 Å². The molecule has 1 atom stereocenters.